The van der Waals surface area contributed by atoms with Crippen molar-refractivity contribution >= 4 is 5.69 Å². The van der Waals surface area contributed by atoms with Gasteiger partial charge in [0.25, 0.3) is 0 Å². The Morgan fingerprint density at radius 3 is 2.54 bits per heavy atom. The van der Waals surface area contributed by atoms with Crippen molar-refractivity contribution in [1.29, 1.82) is 0 Å². The maximum Gasteiger partial charge on any atom is 0.162 e. The van der Waals surface area contributed by atoms with Crippen molar-refractivity contribution in [3.63, 3.8) is 0 Å². The molecule has 0 aliphatic carbocycles. The first-order valence-electron chi connectivity index (χ1n) is 3.91. The highest BCUT2D eigenvalue weighted by molar-refractivity contribution is 5.47. The first-order chi connectivity index (χ1) is 6.40. The molecule has 13 heavy (non-hydrogen) atoms. The Bertz CT molecular complexity index is 364. The zero-order valence-corrected chi connectivity index (χ0v) is 7.18. The minimum absolute atomic E-state index is 0.900. The van der Waals surface area contributed by atoms with Crippen LogP contribution in [-0.4, -0.2) is 27.3 Å². The van der Waals surface area contributed by atoms with E-state index in [2.05, 4.69) is 20.7 Å². The van der Waals surface area contributed by atoms with Gasteiger partial charge in [-0.05, 0) is 29.5 Å². The third-order valence-electron chi connectivity index (χ3n) is 1.74. The molecule has 2 rings (SSSR count). The highest BCUT2D eigenvalue weighted by Gasteiger charge is 1.96. The van der Waals surface area contributed by atoms with E-state index < -0.39 is 0 Å². The zero-order chi connectivity index (χ0) is 9.10. The van der Waals surface area contributed by atoms with Crippen LogP contribution < -0.4 is 5.32 Å². The van der Waals surface area contributed by atoms with Crippen molar-refractivity contribution in [1.82, 2.24) is 20.2 Å². The molecule has 1 N–H and O–H groups in total. The highest BCUT2D eigenvalue weighted by atomic mass is 15.6. The summed E-state index contributed by atoms with van der Waals surface area (Å²) < 4.78 is 0. The fourth-order valence-corrected chi connectivity index (χ4v) is 1.05. The molecule has 1 heterocycles. The molecule has 1 aromatic heterocycles. The normalized spacial score (nSPS) is 9.92. The topological polar surface area (TPSA) is 55.6 Å². The lowest BCUT2D eigenvalue weighted by Crippen LogP contribution is -1.98. The second-order valence-electron chi connectivity index (χ2n) is 2.52. The SMILES string of the molecule is CNc1ccc(-n2ncnn2)cc1. The highest BCUT2D eigenvalue weighted by Crippen LogP contribution is 2.09. The molecule has 0 saturated carbocycles. The fourth-order valence-electron chi connectivity index (χ4n) is 1.05. The summed E-state index contributed by atoms with van der Waals surface area (Å²) >= 11 is 0. The van der Waals surface area contributed by atoms with Crippen LogP contribution in [0, 0.1) is 0 Å². The second-order valence-corrected chi connectivity index (χ2v) is 2.52. The molecular weight excluding hydrogens is 166 g/mol. The van der Waals surface area contributed by atoms with E-state index in [1.165, 1.54) is 11.1 Å². The molecule has 0 aliphatic rings. The minimum atomic E-state index is 0.900. The van der Waals surface area contributed by atoms with Gasteiger partial charge < -0.3 is 5.32 Å². The molecule has 0 spiro atoms. The van der Waals surface area contributed by atoms with Crippen molar-refractivity contribution in [2.24, 2.45) is 0 Å². The van der Waals surface area contributed by atoms with E-state index in [9.17, 15) is 0 Å². The number of nitrogens with zero attached hydrogens (tertiary/aromatic N) is 4. The third kappa shape index (κ3) is 1.48. The van der Waals surface area contributed by atoms with E-state index in [4.69, 9.17) is 0 Å². The third-order valence-corrected chi connectivity index (χ3v) is 1.74. The van der Waals surface area contributed by atoms with Gasteiger partial charge in [0, 0.05) is 12.7 Å². The predicted octanol–water partition coefficient (Wildman–Crippen LogP) is 0.704. The molecule has 0 saturated heterocycles. The molecule has 2 aromatic rings. The first kappa shape index (κ1) is 7.72. The maximum absolute atomic E-state index is 3.92. The minimum Gasteiger partial charge on any atom is -0.388 e. The second kappa shape index (κ2) is 3.22. The molecule has 5 heteroatoms. The lowest BCUT2D eigenvalue weighted by atomic mass is 10.3. The maximum atomic E-state index is 3.92. The van der Waals surface area contributed by atoms with E-state index in [1.807, 2.05) is 31.3 Å². The first-order valence-corrected chi connectivity index (χ1v) is 3.91. The molecule has 1 aromatic carbocycles. The van der Waals surface area contributed by atoms with Crippen molar-refractivity contribution < 1.29 is 0 Å². The molecule has 0 atom stereocenters. The van der Waals surface area contributed by atoms with Crippen LogP contribution in [0.2, 0.25) is 0 Å². The summed E-state index contributed by atoms with van der Waals surface area (Å²) in [5.41, 5.74) is 1.96. The number of aromatic nitrogens is 4. The summed E-state index contributed by atoms with van der Waals surface area (Å²) in [5, 5.41) is 14.4. The van der Waals surface area contributed by atoms with Crippen LogP contribution in [0.1, 0.15) is 0 Å². The van der Waals surface area contributed by atoms with E-state index >= 15 is 0 Å². The molecular formula is C8H9N5. The molecule has 0 unspecified atom stereocenters. The molecule has 0 amide bonds. The van der Waals surface area contributed by atoms with Gasteiger partial charge >= 0.3 is 0 Å². The summed E-state index contributed by atoms with van der Waals surface area (Å²) in [5.74, 6) is 0. The summed E-state index contributed by atoms with van der Waals surface area (Å²) in [6, 6.07) is 7.76. The van der Waals surface area contributed by atoms with Crippen LogP contribution in [0.25, 0.3) is 5.69 Å². The summed E-state index contributed by atoms with van der Waals surface area (Å²) in [7, 11) is 1.88. The van der Waals surface area contributed by atoms with E-state index in [-0.39, 0.29) is 0 Å². The largest absolute Gasteiger partial charge is 0.388 e. The number of hydrogen-bond donors (Lipinski definition) is 1. The fraction of sp³-hybridized carbons (Fsp3) is 0.125. The number of benzene rings is 1. The monoisotopic (exact) mass is 175 g/mol. The molecule has 66 valence electrons. The zero-order valence-electron chi connectivity index (χ0n) is 7.18. The average molecular weight is 175 g/mol. The number of tetrazole rings is 1. The number of hydrogen-bond acceptors (Lipinski definition) is 4. The van der Waals surface area contributed by atoms with E-state index in [0.29, 0.717) is 0 Å². The molecule has 0 bridgehead atoms. The quantitative estimate of drug-likeness (QED) is 0.730. The van der Waals surface area contributed by atoms with Crippen molar-refractivity contribution in [2.45, 2.75) is 0 Å². The van der Waals surface area contributed by atoms with E-state index in [1.54, 1.807) is 0 Å². The Kier molecular flexibility index (Phi) is 1.91. The Hall–Kier alpha value is -1.91. The van der Waals surface area contributed by atoms with Gasteiger partial charge in [-0.2, -0.15) is 0 Å². The molecule has 5 nitrogen and oxygen atoms in total. The van der Waals surface area contributed by atoms with Gasteiger partial charge in [-0.25, -0.2) is 0 Å². The van der Waals surface area contributed by atoms with Gasteiger partial charge in [0.2, 0.25) is 0 Å². The van der Waals surface area contributed by atoms with Gasteiger partial charge in [-0.3, -0.25) is 0 Å². The molecule has 0 radical (unpaired) electrons. The van der Waals surface area contributed by atoms with Crippen molar-refractivity contribution in [3.8, 4) is 5.69 Å². The van der Waals surface area contributed by atoms with E-state index in [0.717, 1.165) is 11.4 Å². The standard InChI is InChI=1S/C8H9N5/c1-9-7-2-4-8(5-3-7)13-11-6-10-12-13/h2-6,9H,1H3. The molecule has 0 fully saturated rings. The van der Waals surface area contributed by atoms with Crippen molar-refractivity contribution in [2.75, 3.05) is 12.4 Å². The van der Waals surface area contributed by atoms with Crippen molar-refractivity contribution in [3.05, 3.63) is 30.6 Å². The smallest absolute Gasteiger partial charge is 0.162 e. The Labute approximate surface area is 75.4 Å². The predicted molar refractivity (Wildman–Crippen MR) is 48.7 cm³/mol. The Morgan fingerprint density at radius 1 is 1.23 bits per heavy atom. The van der Waals surface area contributed by atoms with Gasteiger partial charge in [-0.1, -0.05) is 0 Å². The summed E-state index contributed by atoms with van der Waals surface area (Å²) in [6.07, 6.45) is 1.41. The van der Waals surface area contributed by atoms with Crippen LogP contribution in [0.15, 0.2) is 30.6 Å². The lowest BCUT2D eigenvalue weighted by Gasteiger charge is -2.00. The lowest BCUT2D eigenvalue weighted by molar-refractivity contribution is 0.720. The van der Waals surface area contributed by atoms with Crippen LogP contribution in [0.3, 0.4) is 0 Å². The Balaban J connectivity index is 2.33. The number of nitrogens with one attached hydrogen (secondary N) is 1. The number of anilines is 1. The summed E-state index contributed by atoms with van der Waals surface area (Å²) in [6.45, 7) is 0. The van der Waals surface area contributed by atoms with Crippen LogP contribution in [0.4, 0.5) is 5.69 Å². The van der Waals surface area contributed by atoms with Gasteiger partial charge in [0.1, 0.15) is 0 Å². The number of rotatable bonds is 2. The van der Waals surface area contributed by atoms with Gasteiger partial charge in [0.15, 0.2) is 6.33 Å². The molecule has 0 aliphatic heterocycles. The summed E-state index contributed by atoms with van der Waals surface area (Å²) in [4.78, 5) is 1.47. The van der Waals surface area contributed by atoms with Crippen LogP contribution in [0.5, 0.6) is 0 Å². The van der Waals surface area contributed by atoms with Crippen LogP contribution >= 0.6 is 0 Å². The van der Waals surface area contributed by atoms with Gasteiger partial charge in [0.05, 0.1) is 5.69 Å². The van der Waals surface area contributed by atoms with Gasteiger partial charge in [-0.15, -0.1) is 15.0 Å². The average Bonchev–Trinajstić information content (AvgIpc) is 2.71. The van der Waals surface area contributed by atoms with Crippen LogP contribution in [-0.2, 0) is 0 Å². The Morgan fingerprint density at radius 2 is 2.00 bits per heavy atom.